The Morgan fingerprint density at radius 2 is 1.44 bits per heavy atom. The summed E-state index contributed by atoms with van der Waals surface area (Å²) < 4.78 is 50.1. The summed E-state index contributed by atoms with van der Waals surface area (Å²) in [4.78, 5) is 29.2. The predicted octanol–water partition coefficient (Wildman–Crippen LogP) is 8.83. The molecule has 0 atom stereocenters. The number of hydrogen-bond acceptors (Lipinski definition) is 5. The van der Waals surface area contributed by atoms with Gasteiger partial charge in [-0.25, -0.2) is 13.3 Å². The Hall–Kier alpha value is -5.25. The quantitative estimate of drug-likeness (QED) is 0.0632. The molecule has 1 amide bonds. The highest BCUT2D eigenvalue weighted by atomic mass is 19.1. The predicted molar refractivity (Wildman–Crippen MR) is 200 cm³/mol. The minimum Gasteiger partial charge on any atom is -0.497 e. The Bertz CT molecular complexity index is 1980. The van der Waals surface area contributed by atoms with Crippen LogP contribution in [0, 0.1) is 11.6 Å². The Kier molecular flexibility index (Phi) is 13.8. The smallest absolute Gasteiger partial charge is 0.263 e. The molecule has 8 nitrogen and oxygen atoms in total. The van der Waals surface area contributed by atoms with E-state index >= 15 is 0 Å². The van der Waals surface area contributed by atoms with Crippen LogP contribution in [0.1, 0.15) is 75.6 Å². The Morgan fingerprint density at radius 1 is 0.769 bits per heavy atom. The minimum absolute atomic E-state index is 0.0129. The maximum Gasteiger partial charge on any atom is 0.263 e. The van der Waals surface area contributed by atoms with E-state index in [9.17, 15) is 18.4 Å². The van der Waals surface area contributed by atoms with Crippen molar-refractivity contribution in [1.29, 1.82) is 0 Å². The molecule has 0 unspecified atom stereocenters. The molecule has 10 heteroatoms. The van der Waals surface area contributed by atoms with Gasteiger partial charge in [-0.2, -0.15) is 0 Å². The van der Waals surface area contributed by atoms with E-state index in [4.69, 9.17) is 14.2 Å². The molecule has 0 fully saturated rings. The van der Waals surface area contributed by atoms with Crippen LogP contribution in [-0.4, -0.2) is 37.3 Å². The monoisotopic (exact) mass is 712 g/mol. The van der Waals surface area contributed by atoms with Gasteiger partial charge in [-0.05, 0) is 50.5 Å². The molecule has 2 heterocycles. The lowest BCUT2D eigenvalue weighted by Crippen LogP contribution is -2.35. The second kappa shape index (κ2) is 18.8. The van der Waals surface area contributed by atoms with Crippen molar-refractivity contribution in [2.75, 3.05) is 31.8 Å². The van der Waals surface area contributed by atoms with Crippen LogP contribution in [-0.2, 0) is 6.54 Å². The van der Waals surface area contributed by atoms with E-state index < -0.39 is 23.0 Å². The molecule has 0 saturated heterocycles. The van der Waals surface area contributed by atoms with Gasteiger partial charge in [-0.15, -0.1) is 0 Å². The lowest BCUT2D eigenvalue weighted by Gasteiger charge is -2.22. The van der Waals surface area contributed by atoms with Gasteiger partial charge in [0.25, 0.3) is 5.91 Å². The number of anilines is 1. The van der Waals surface area contributed by atoms with E-state index in [-0.39, 0.29) is 23.2 Å². The third-order valence-corrected chi connectivity index (χ3v) is 8.93. The minimum atomic E-state index is -0.824. The van der Waals surface area contributed by atoms with Crippen LogP contribution in [0.4, 0.5) is 14.5 Å². The number of methoxy groups -OCH3 is 1. The van der Waals surface area contributed by atoms with Crippen molar-refractivity contribution < 1.29 is 32.4 Å². The third-order valence-electron chi connectivity index (χ3n) is 8.93. The molecular weight excluding hydrogens is 664 g/mol. The van der Waals surface area contributed by atoms with E-state index in [1.165, 1.54) is 23.9 Å². The first-order chi connectivity index (χ1) is 25.3. The molecule has 3 aromatic carbocycles. The van der Waals surface area contributed by atoms with Crippen molar-refractivity contribution in [1.82, 2.24) is 4.57 Å². The summed E-state index contributed by atoms with van der Waals surface area (Å²) in [7, 11) is 1.56. The molecular formula is C42H48F2N3O5+. The van der Waals surface area contributed by atoms with Crippen molar-refractivity contribution in [2.24, 2.45) is 0 Å². The van der Waals surface area contributed by atoms with Gasteiger partial charge >= 0.3 is 0 Å². The standard InChI is InChI=1S/C42H48F2N3O5/c1-4-6-21-52-37-27-34(26-36(28-37)50-3)47-30-39(42(49)46(5-2)33-24-31(43)23-32(44)25-33)41(48)38-17-16-35(29-40(38)47)51-22-15-10-8-7-9-12-18-45-19-13-11-14-20-45/h11,13-14,16-17,19-20,23-30H,4-10,12,15,18,21-22H2,1-3H3/q+1. The first-order valence-corrected chi connectivity index (χ1v) is 18.2. The van der Waals surface area contributed by atoms with Crippen LogP contribution in [0.15, 0.2) is 96.2 Å². The second-order valence-electron chi connectivity index (χ2n) is 12.7. The molecule has 0 aliphatic rings. The lowest BCUT2D eigenvalue weighted by atomic mass is 10.1. The van der Waals surface area contributed by atoms with E-state index in [2.05, 4.69) is 23.9 Å². The zero-order chi connectivity index (χ0) is 36.9. The number of ether oxygens (including phenoxy) is 3. The molecule has 274 valence electrons. The zero-order valence-corrected chi connectivity index (χ0v) is 30.3. The topological polar surface area (TPSA) is 73.9 Å². The first kappa shape index (κ1) is 38.0. The van der Waals surface area contributed by atoms with Gasteiger partial charge in [0.05, 0.1) is 31.5 Å². The molecule has 0 spiro atoms. The van der Waals surface area contributed by atoms with E-state index in [1.54, 1.807) is 48.9 Å². The summed E-state index contributed by atoms with van der Waals surface area (Å²) in [5, 5.41) is 0.282. The van der Waals surface area contributed by atoms with Crippen LogP contribution >= 0.6 is 0 Å². The molecule has 0 aliphatic heterocycles. The van der Waals surface area contributed by atoms with E-state index in [0.29, 0.717) is 41.7 Å². The van der Waals surface area contributed by atoms with Crippen LogP contribution < -0.4 is 29.1 Å². The molecule has 2 aromatic heterocycles. The zero-order valence-electron chi connectivity index (χ0n) is 30.3. The number of carbonyl (C=O) groups is 1. The van der Waals surface area contributed by atoms with Gasteiger partial charge in [0.2, 0.25) is 5.43 Å². The number of pyridine rings is 2. The highest BCUT2D eigenvalue weighted by Crippen LogP contribution is 2.30. The van der Waals surface area contributed by atoms with Gasteiger partial charge in [0.1, 0.15) is 41.0 Å². The fourth-order valence-corrected chi connectivity index (χ4v) is 6.15. The summed E-state index contributed by atoms with van der Waals surface area (Å²) in [5.41, 5.74) is 0.451. The van der Waals surface area contributed by atoms with Crippen LogP contribution in [0.5, 0.6) is 17.2 Å². The van der Waals surface area contributed by atoms with Crippen molar-refractivity contribution in [3.05, 3.63) is 119 Å². The van der Waals surface area contributed by atoms with Gasteiger partial charge < -0.3 is 23.7 Å². The Balaban J connectivity index is 1.40. The van der Waals surface area contributed by atoms with Gasteiger partial charge in [-0.3, -0.25) is 9.59 Å². The third kappa shape index (κ3) is 9.96. The summed E-state index contributed by atoms with van der Waals surface area (Å²) >= 11 is 0. The molecule has 52 heavy (non-hydrogen) atoms. The molecule has 0 saturated carbocycles. The second-order valence-corrected chi connectivity index (χ2v) is 12.7. The van der Waals surface area contributed by atoms with Crippen molar-refractivity contribution in [3.8, 4) is 22.9 Å². The number of unbranched alkanes of at least 4 members (excludes halogenated alkanes) is 6. The molecule has 5 rings (SSSR count). The molecule has 0 radical (unpaired) electrons. The van der Waals surface area contributed by atoms with Crippen LogP contribution in [0.25, 0.3) is 16.6 Å². The highest BCUT2D eigenvalue weighted by molar-refractivity contribution is 6.07. The summed E-state index contributed by atoms with van der Waals surface area (Å²) in [6.07, 6.45) is 14.1. The Morgan fingerprint density at radius 3 is 2.15 bits per heavy atom. The Labute approximate surface area is 304 Å². The largest absolute Gasteiger partial charge is 0.497 e. The fourth-order valence-electron chi connectivity index (χ4n) is 6.15. The van der Waals surface area contributed by atoms with Gasteiger partial charge in [0.15, 0.2) is 12.4 Å². The van der Waals surface area contributed by atoms with E-state index in [0.717, 1.165) is 63.3 Å². The number of rotatable bonds is 19. The van der Waals surface area contributed by atoms with E-state index in [1.807, 2.05) is 24.3 Å². The van der Waals surface area contributed by atoms with Crippen LogP contribution in [0.2, 0.25) is 0 Å². The number of hydrogen-bond donors (Lipinski definition) is 0. The maximum atomic E-state index is 14.2. The number of fused-ring (bicyclic) bond motifs is 1. The number of aromatic nitrogens is 2. The van der Waals surface area contributed by atoms with Crippen molar-refractivity contribution >= 4 is 22.5 Å². The fraction of sp³-hybridized carbons (Fsp3) is 0.357. The SMILES string of the molecule is CCCCOc1cc(OC)cc(-n2cc(C(=O)N(CC)c3cc(F)cc(F)c3)c(=O)c3ccc(OCCCCCCCC[n+]4ccccc4)cc32)c1. The highest BCUT2D eigenvalue weighted by Gasteiger charge is 2.24. The summed E-state index contributed by atoms with van der Waals surface area (Å²) in [5.74, 6) is -0.647. The number of benzene rings is 3. The summed E-state index contributed by atoms with van der Waals surface area (Å²) in [6, 6.07) is 19.6. The number of amides is 1. The lowest BCUT2D eigenvalue weighted by molar-refractivity contribution is -0.697. The number of nitrogens with zero attached hydrogens (tertiary/aromatic N) is 3. The molecule has 0 bridgehead atoms. The molecule has 0 aliphatic carbocycles. The molecule has 0 N–H and O–H groups in total. The average molecular weight is 713 g/mol. The van der Waals surface area contributed by atoms with Gasteiger partial charge in [-0.1, -0.05) is 38.7 Å². The van der Waals surface area contributed by atoms with Crippen molar-refractivity contribution in [3.63, 3.8) is 0 Å². The number of carbonyl (C=O) groups excluding carboxylic acids is 1. The molecule has 5 aromatic rings. The van der Waals surface area contributed by atoms with Gasteiger partial charge in [0, 0.05) is 72.7 Å². The number of halogens is 2. The average Bonchev–Trinajstić information content (AvgIpc) is 3.14. The first-order valence-electron chi connectivity index (χ1n) is 18.2. The maximum absolute atomic E-state index is 14.2. The normalized spacial score (nSPS) is 11.1. The van der Waals surface area contributed by atoms with Crippen LogP contribution in [0.3, 0.4) is 0 Å². The summed E-state index contributed by atoms with van der Waals surface area (Å²) in [6.45, 7) is 5.90. The van der Waals surface area contributed by atoms with Crippen molar-refractivity contribution in [2.45, 2.75) is 71.8 Å². The number of aryl methyl sites for hydroxylation is 1.